The van der Waals surface area contributed by atoms with Crippen LogP contribution in [-0.2, 0) is 0 Å². The minimum Gasteiger partial charge on any atom is -0.119 e. The molecule has 0 aliphatic carbocycles. The Kier molecular flexibility index (Phi) is 22.0. The molecule has 0 bridgehead atoms. The molecule has 0 aromatic heterocycles. The van der Waals surface area contributed by atoms with E-state index in [1.165, 1.54) is 154 Å². The van der Waals surface area contributed by atoms with E-state index in [1.54, 1.807) is 0 Å². The molecule has 0 nitrogen and oxygen atoms in total. The first-order valence-electron chi connectivity index (χ1n) is 15.1. The summed E-state index contributed by atoms with van der Waals surface area (Å²) in [5.74, 6) is 0. The van der Waals surface area contributed by atoms with E-state index in [9.17, 15) is 0 Å². The molecule has 0 saturated carbocycles. The van der Waals surface area contributed by atoms with Gasteiger partial charge in [0.1, 0.15) is 0 Å². The van der Waals surface area contributed by atoms with Gasteiger partial charge in [0.05, 0.1) is 0 Å². The molecule has 0 rings (SSSR count). The highest BCUT2D eigenvalue weighted by Crippen LogP contribution is 2.45. The van der Waals surface area contributed by atoms with E-state index in [2.05, 4.69) is 34.6 Å². The summed E-state index contributed by atoms with van der Waals surface area (Å²) in [6.07, 6.45) is 33.9. The fraction of sp³-hybridized carbons (Fsp3) is 1.00. The normalized spacial score (nSPS) is 14.1. The summed E-state index contributed by atoms with van der Waals surface area (Å²) in [6.45, 7) is 11.6. The first kappa shape index (κ1) is 32.3. The minimum atomic E-state index is -0.0932. The van der Waals surface area contributed by atoms with Crippen LogP contribution in [-0.4, -0.2) is 4.87 Å². The van der Waals surface area contributed by atoms with Gasteiger partial charge in [-0.25, -0.2) is 0 Å². The number of rotatable bonds is 25. The van der Waals surface area contributed by atoms with Gasteiger partial charge in [-0.1, -0.05) is 162 Å². The monoisotopic (exact) mass is 470 g/mol. The number of unbranched alkanes of at least 4 members (excludes halogenated alkanes) is 20. The lowest BCUT2D eigenvalue weighted by atomic mass is 9.71. The summed E-state index contributed by atoms with van der Waals surface area (Å²) in [6, 6.07) is 0. The highest BCUT2D eigenvalue weighted by molar-refractivity contribution is 6.23. The predicted molar refractivity (Wildman–Crippen MR) is 150 cm³/mol. The second-order valence-electron chi connectivity index (χ2n) is 11.6. The summed E-state index contributed by atoms with van der Waals surface area (Å²) in [5, 5.41) is 0. The molecule has 1 unspecified atom stereocenters. The van der Waals surface area contributed by atoms with E-state index in [1.807, 2.05) is 0 Å². The molecular formula is C31H63Cl. The van der Waals surface area contributed by atoms with E-state index in [0.717, 1.165) is 0 Å². The molecule has 0 amide bonds. The standard InChI is InChI=1S/C31H63Cl/c1-6-8-10-12-14-16-18-19-21-23-25-27-29-31(5,30(3,4)32)28-26-24-22-20-17-15-13-11-9-7-2/h6-29H2,1-5H3. The number of hydrogen-bond acceptors (Lipinski definition) is 0. The Morgan fingerprint density at radius 3 is 0.812 bits per heavy atom. The molecule has 0 heterocycles. The zero-order valence-electron chi connectivity index (χ0n) is 23.3. The van der Waals surface area contributed by atoms with Gasteiger partial charge in [-0.05, 0) is 32.1 Å². The Hall–Kier alpha value is 0.290. The number of halogens is 1. The third-order valence-corrected chi connectivity index (χ3v) is 8.56. The molecule has 1 atom stereocenters. The van der Waals surface area contributed by atoms with Crippen molar-refractivity contribution in [2.45, 2.75) is 194 Å². The van der Waals surface area contributed by atoms with Crippen molar-refractivity contribution in [3.05, 3.63) is 0 Å². The molecule has 0 spiro atoms. The molecule has 1 heteroatoms. The lowest BCUT2D eigenvalue weighted by Crippen LogP contribution is -2.36. The Bertz CT molecular complexity index is 369. The second-order valence-corrected chi connectivity index (χ2v) is 12.5. The maximum absolute atomic E-state index is 6.91. The van der Waals surface area contributed by atoms with Crippen LogP contribution in [0.5, 0.6) is 0 Å². The van der Waals surface area contributed by atoms with E-state index in [4.69, 9.17) is 11.6 Å². The van der Waals surface area contributed by atoms with Gasteiger partial charge in [0.25, 0.3) is 0 Å². The molecule has 0 aliphatic heterocycles. The lowest BCUT2D eigenvalue weighted by Gasteiger charge is -2.40. The third-order valence-electron chi connectivity index (χ3n) is 8.10. The largest absolute Gasteiger partial charge is 0.119 e. The molecule has 0 radical (unpaired) electrons. The molecule has 0 fully saturated rings. The Balaban J connectivity index is 3.77. The van der Waals surface area contributed by atoms with Crippen LogP contribution in [0.4, 0.5) is 0 Å². The topological polar surface area (TPSA) is 0 Å². The first-order chi connectivity index (χ1) is 15.4. The van der Waals surface area contributed by atoms with E-state index < -0.39 is 0 Å². The van der Waals surface area contributed by atoms with Crippen LogP contribution in [0, 0.1) is 5.41 Å². The highest BCUT2D eigenvalue weighted by Gasteiger charge is 2.38. The molecular weight excluding hydrogens is 408 g/mol. The van der Waals surface area contributed by atoms with Gasteiger partial charge < -0.3 is 0 Å². The van der Waals surface area contributed by atoms with E-state index in [-0.39, 0.29) is 10.3 Å². The molecule has 0 aliphatic rings. The van der Waals surface area contributed by atoms with E-state index in [0.29, 0.717) is 0 Å². The molecule has 0 saturated heterocycles. The third kappa shape index (κ3) is 18.7. The summed E-state index contributed by atoms with van der Waals surface area (Å²) >= 11 is 6.91. The fourth-order valence-corrected chi connectivity index (χ4v) is 5.27. The van der Waals surface area contributed by atoms with Crippen LogP contribution in [0.25, 0.3) is 0 Å². The minimum absolute atomic E-state index is 0.0932. The number of hydrogen-bond donors (Lipinski definition) is 0. The predicted octanol–water partition coefficient (Wildman–Crippen LogP) is 12.4. The van der Waals surface area contributed by atoms with Gasteiger partial charge >= 0.3 is 0 Å². The Morgan fingerprint density at radius 1 is 0.375 bits per heavy atom. The summed E-state index contributed by atoms with van der Waals surface area (Å²) in [7, 11) is 0. The van der Waals surface area contributed by atoms with Crippen LogP contribution in [0.15, 0.2) is 0 Å². The van der Waals surface area contributed by atoms with Crippen LogP contribution in [0.2, 0.25) is 0 Å². The smallest absolute Gasteiger partial charge is 0.0444 e. The maximum atomic E-state index is 6.91. The summed E-state index contributed by atoms with van der Waals surface area (Å²) in [5.41, 5.74) is 0.285. The van der Waals surface area contributed by atoms with Crippen molar-refractivity contribution in [2.75, 3.05) is 0 Å². The average Bonchev–Trinajstić information content (AvgIpc) is 2.75. The SMILES string of the molecule is CCCCCCCCCCCCCCC(C)(CCCCCCCCCCCC)C(C)(C)Cl. The average molecular weight is 471 g/mol. The zero-order valence-corrected chi connectivity index (χ0v) is 24.1. The zero-order chi connectivity index (χ0) is 24.0. The molecule has 32 heavy (non-hydrogen) atoms. The van der Waals surface area contributed by atoms with Gasteiger partial charge in [0, 0.05) is 4.87 Å². The molecule has 0 aromatic carbocycles. The Labute approximate surface area is 210 Å². The lowest BCUT2D eigenvalue weighted by molar-refractivity contribution is 0.189. The van der Waals surface area contributed by atoms with Gasteiger partial charge in [-0.3, -0.25) is 0 Å². The second kappa shape index (κ2) is 21.8. The van der Waals surface area contributed by atoms with Crippen molar-refractivity contribution >= 4 is 11.6 Å². The van der Waals surface area contributed by atoms with Gasteiger partial charge in [-0.15, -0.1) is 11.6 Å². The van der Waals surface area contributed by atoms with Crippen LogP contribution >= 0.6 is 11.6 Å². The van der Waals surface area contributed by atoms with Gasteiger partial charge in [0.15, 0.2) is 0 Å². The molecule has 194 valence electrons. The molecule has 0 aromatic rings. The van der Waals surface area contributed by atoms with E-state index >= 15 is 0 Å². The summed E-state index contributed by atoms with van der Waals surface area (Å²) in [4.78, 5) is -0.0932. The van der Waals surface area contributed by atoms with Gasteiger partial charge in [0.2, 0.25) is 0 Å². The first-order valence-corrected chi connectivity index (χ1v) is 15.4. The fourth-order valence-electron chi connectivity index (χ4n) is 5.08. The highest BCUT2D eigenvalue weighted by atomic mass is 35.5. The van der Waals surface area contributed by atoms with Crippen LogP contribution in [0.3, 0.4) is 0 Å². The van der Waals surface area contributed by atoms with Crippen molar-refractivity contribution in [3.8, 4) is 0 Å². The maximum Gasteiger partial charge on any atom is 0.0444 e. The van der Waals surface area contributed by atoms with Crippen LogP contribution < -0.4 is 0 Å². The quantitative estimate of drug-likeness (QED) is 0.0918. The molecule has 0 N–H and O–H groups in total. The summed E-state index contributed by atoms with van der Waals surface area (Å²) < 4.78 is 0. The van der Waals surface area contributed by atoms with Crippen molar-refractivity contribution in [1.82, 2.24) is 0 Å². The number of alkyl halides is 1. The van der Waals surface area contributed by atoms with Crippen molar-refractivity contribution in [1.29, 1.82) is 0 Å². The van der Waals surface area contributed by atoms with Crippen molar-refractivity contribution in [3.63, 3.8) is 0 Å². The Morgan fingerprint density at radius 2 is 0.594 bits per heavy atom. The van der Waals surface area contributed by atoms with Gasteiger partial charge in [-0.2, -0.15) is 0 Å². The van der Waals surface area contributed by atoms with Crippen LogP contribution in [0.1, 0.15) is 189 Å². The van der Waals surface area contributed by atoms with Crippen molar-refractivity contribution < 1.29 is 0 Å². The van der Waals surface area contributed by atoms with Crippen molar-refractivity contribution in [2.24, 2.45) is 5.41 Å².